The molecule has 3 heterocycles. The van der Waals surface area contributed by atoms with Crippen LogP contribution in [0.2, 0.25) is 0 Å². The van der Waals surface area contributed by atoms with Gasteiger partial charge in [-0.3, -0.25) is 9.97 Å². The van der Waals surface area contributed by atoms with Gasteiger partial charge in [-0.05, 0) is 28.1 Å². The van der Waals surface area contributed by atoms with Gasteiger partial charge in [0.2, 0.25) is 0 Å². The zero-order valence-corrected chi connectivity index (χ0v) is 10.8. The highest BCUT2D eigenvalue weighted by atomic mass is 79.9. The second-order valence-electron chi connectivity index (χ2n) is 3.63. The lowest BCUT2D eigenvalue weighted by Crippen LogP contribution is -1.95. The average Bonchev–Trinajstić information content (AvgIpc) is 2.40. The Bertz CT molecular complexity index is 686. The van der Waals surface area contributed by atoms with Crippen LogP contribution >= 0.6 is 15.9 Å². The Morgan fingerprint density at radius 1 is 1.06 bits per heavy atom. The summed E-state index contributed by atoms with van der Waals surface area (Å²) in [7, 11) is 0. The summed E-state index contributed by atoms with van der Waals surface area (Å²) in [6.07, 6.45) is 8.39. The Kier molecular flexibility index (Phi) is 2.85. The smallest absolute Gasteiger partial charge is 0.115 e. The van der Waals surface area contributed by atoms with Gasteiger partial charge in [-0.15, -0.1) is 0 Å². The minimum absolute atomic E-state index is 0.810. The molecular weight excluding hydrogens is 294 g/mol. The van der Waals surface area contributed by atoms with E-state index in [1.54, 1.807) is 24.8 Å². The van der Waals surface area contributed by atoms with Crippen LogP contribution in [0.5, 0.6) is 0 Å². The van der Waals surface area contributed by atoms with Crippen molar-refractivity contribution in [1.29, 1.82) is 0 Å². The van der Waals surface area contributed by atoms with E-state index in [2.05, 4.69) is 41.2 Å². The molecule has 0 unspecified atom stereocenters. The minimum Gasteiger partial charge on any atom is -0.351 e. The number of aromatic nitrogens is 4. The summed E-state index contributed by atoms with van der Waals surface area (Å²) in [5.41, 5.74) is 3.33. The predicted octanol–water partition coefficient (Wildman–Crippen LogP) is 2.93. The summed E-state index contributed by atoms with van der Waals surface area (Å²) in [6, 6.07) is 3.80. The molecule has 0 aromatic carbocycles. The molecule has 0 saturated carbocycles. The SMILES string of the molecule is Brc1cnc2c(Nc3cncnc3)ccnc2c1. The van der Waals surface area contributed by atoms with Gasteiger partial charge >= 0.3 is 0 Å². The number of rotatable bonds is 2. The van der Waals surface area contributed by atoms with Crippen molar-refractivity contribution in [3.05, 3.63) is 47.7 Å². The topological polar surface area (TPSA) is 63.6 Å². The molecule has 0 bridgehead atoms. The van der Waals surface area contributed by atoms with Crippen molar-refractivity contribution in [3.8, 4) is 0 Å². The van der Waals surface area contributed by atoms with Crippen molar-refractivity contribution in [2.75, 3.05) is 5.32 Å². The fraction of sp³-hybridized carbons (Fsp3) is 0. The third kappa shape index (κ3) is 2.14. The molecule has 3 aromatic heterocycles. The number of nitrogens with one attached hydrogen (secondary N) is 1. The fourth-order valence-corrected chi connectivity index (χ4v) is 1.94. The molecule has 0 saturated heterocycles. The minimum atomic E-state index is 0.810. The van der Waals surface area contributed by atoms with Crippen LogP contribution in [0, 0.1) is 0 Å². The van der Waals surface area contributed by atoms with E-state index in [0.29, 0.717) is 0 Å². The van der Waals surface area contributed by atoms with Gasteiger partial charge in [0.15, 0.2) is 0 Å². The highest BCUT2D eigenvalue weighted by Gasteiger charge is 2.04. The second-order valence-corrected chi connectivity index (χ2v) is 4.55. The molecule has 3 rings (SSSR count). The van der Waals surface area contributed by atoms with Crippen LogP contribution in [0.1, 0.15) is 0 Å². The zero-order chi connectivity index (χ0) is 12.4. The van der Waals surface area contributed by atoms with Gasteiger partial charge in [0, 0.05) is 16.9 Å². The highest BCUT2D eigenvalue weighted by molar-refractivity contribution is 9.10. The molecule has 0 spiro atoms. The molecule has 0 fully saturated rings. The molecule has 5 nitrogen and oxygen atoms in total. The normalized spacial score (nSPS) is 10.5. The molecule has 0 aliphatic carbocycles. The van der Waals surface area contributed by atoms with Crippen LogP contribution in [0.3, 0.4) is 0 Å². The first-order valence-electron chi connectivity index (χ1n) is 5.25. The Morgan fingerprint density at radius 3 is 2.72 bits per heavy atom. The van der Waals surface area contributed by atoms with Crippen molar-refractivity contribution in [1.82, 2.24) is 19.9 Å². The van der Waals surface area contributed by atoms with Crippen LogP contribution in [-0.4, -0.2) is 19.9 Å². The lowest BCUT2D eigenvalue weighted by atomic mass is 10.3. The molecule has 0 radical (unpaired) electrons. The quantitative estimate of drug-likeness (QED) is 0.788. The maximum Gasteiger partial charge on any atom is 0.115 e. The Labute approximate surface area is 111 Å². The lowest BCUT2D eigenvalue weighted by Gasteiger charge is -2.07. The summed E-state index contributed by atoms with van der Waals surface area (Å²) in [4.78, 5) is 16.6. The van der Waals surface area contributed by atoms with E-state index in [0.717, 1.165) is 26.9 Å². The third-order valence-electron chi connectivity index (χ3n) is 2.38. The largest absolute Gasteiger partial charge is 0.351 e. The Hall–Kier alpha value is -2.08. The van der Waals surface area contributed by atoms with Gasteiger partial charge in [0.1, 0.15) is 11.8 Å². The van der Waals surface area contributed by atoms with E-state index < -0.39 is 0 Å². The Morgan fingerprint density at radius 2 is 1.89 bits per heavy atom. The van der Waals surface area contributed by atoms with E-state index in [4.69, 9.17) is 0 Å². The number of anilines is 2. The standard InChI is InChI=1S/C12H8BrN5/c13-8-3-11-12(17-4-8)10(1-2-16-11)18-9-5-14-7-15-6-9/h1-7H,(H,16,18). The van der Waals surface area contributed by atoms with Crippen LogP contribution in [-0.2, 0) is 0 Å². The van der Waals surface area contributed by atoms with Gasteiger partial charge in [0.25, 0.3) is 0 Å². The first-order valence-corrected chi connectivity index (χ1v) is 6.04. The summed E-state index contributed by atoms with van der Waals surface area (Å²) in [5.74, 6) is 0. The second kappa shape index (κ2) is 4.66. The summed E-state index contributed by atoms with van der Waals surface area (Å²) >= 11 is 3.38. The van der Waals surface area contributed by atoms with Crippen molar-refractivity contribution in [2.24, 2.45) is 0 Å². The first kappa shape index (κ1) is 11.0. The van der Waals surface area contributed by atoms with Gasteiger partial charge in [0.05, 0.1) is 29.3 Å². The van der Waals surface area contributed by atoms with E-state index >= 15 is 0 Å². The van der Waals surface area contributed by atoms with E-state index in [1.807, 2.05) is 12.1 Å². The van der Waals surface area contributed by atoms with Crippen molar-refractivity contribution >= 4 is 38.3 Å². The molecule has 0 amide bonds. The summed E-state index contributed by atoms with van der Waals surface area (Å²) in [5, 5.41) is 3.22. The lowest BCUT2D eigenvalue weighted by molar-refractivity contribution is 1.17. The van der Waals surface area contributed by atoms with Crippen molar-refractivity contribution in [3.63, 3.8) is 0 Å². The fourth-order valence-electron chi connectivity index (χ4n) is 1.63. The molecule has 0 aliphatic heterocycles. The third-order valence-corrected chi connectivity index (χ3v) is 2.82. The maximum absolute atomic E-state index is 4.36. The number of hydrogen-bond donors (Lipinski definition) is 1. The van der Waals surface area contributed by atoms with Gasteiger partial charge in [-0.2, -0.15) is 0 Å². The van der Waals surface area contributed by atoms with Crippen LogP contribution < -0.4 is 5.32 Å². The highest BCUT2D eigenvalue weighted by Crippen LogP contribution is 2.24. The zero-order valence-electron chi connectivity index (χ0n) is 9.21. The monoisotopic (exact) mass is 301 g/mol. The summed E-state index contributed by atoms with van der Waals surface area (Å²) < 4.78 is 0.905. The molecule has 6 heteroatoms. The predicted molar refractivity (Wildman–Crippen MR) is 72.6 cm³/mol. The molecule has 3 aromatic rings. The number of nitrogens with zero attached hydrogens (tertiary/aromatic N) is 4. The molecule has 1 N–H and O–H groups in total. The molecule has 18 heavy (non-hydrogen) atoms. The van der Waals surface area contributed by atoms with Crippen LogP contribution in [0.15, 0.2) is 47.7 Å². The van der Waals surface area contributed by atoms with Gasteiger partial charge in [-0.25, -0.2) is 9.97 Å². The number of pyridine rings is 2. The average molecular weight is 302 g/mol. The molecule has 0 atom stereocenters. The summed E-state index contributed by atoms with van der Waals surface area (Å²) in [6.45, 7) is 0. The van der Waals surface area contributed by atoms with Gasteiger partial charge < -0.3 is 5.32 Å². The first-order chi connectivity index (χ1) is 8.83. The van der Waals surface area contributed by atoms with E-state index in [1.165, 1.54) is 6.33 Å². The van der Waals surface area contributed by atoms with Gasteiger partial charge in [-0.1, -0.05) is 0 Å². The number of fused-ring (bicyclic) bond motifs is 1. The van der Waals surface area contributed by atoms with E-state index in [9.17, 15) is 0 Å². The van der Waals surface area contributed by atoms with Crippen molar-refractivity contribution < 1.29 is 0 Å². The number of halogens is 1. The number of hydrogen-bond acceptors (Lipinski definition) is 5. The Balaban J connectivity index is 2.07. The maximum atomic E-state index is 4.36. The van der Waals surface area contributed by atoms with Crippen LogP contribution in [0.4, 0.5) is 11.4 Å². The van der Waals surface area contributed by atoms with Crippen LogP contribution in [0.25, 0.3) is 11.0 Å². The van der Waals surface area contributed by atoms with Crippen molar-refractivity contribution in [2.45, 2.75) is 0 Å². The molecular formula is C12H8BrN5. The molecule has 0 aliphatic rings. The van der Waals surface area contributed by atoms with E-state index in [-0.39, 0.29) is 0 Å². The molecule has 88 valence electrons.